The first-order valence-corrected chi connectivity index (χ1v) is 6.57. The summed E-state index contributed by atoms with van der Waals surface area (Å²) in [5.41, 5.74) is 0.325. The first-order chi connectivity index (χ1) is 9.22. The highest BCUT2D eigenvalue weighted by atomic mass is 16.1. The smallest absolute Gasteiger partial charge is 0.348 e. The highest BCUT2D eigenvalue weighted by molar-refractivity contribution is 5.48. The van der Waals surface area contributed by atoms with Crippen molar-refractivity contribution in [2.75, 3.05) is 32.0 Å². The van der Waals surface area contributed by atoms with Crippen LogP contribution in [-0.4, -0.2) is 51.2 Å². The summed E-state index contributed by atoms with van der Waals surface area (Å²) in [6.45, 7) is 3.22. The van der Waals surface area contributed by atoms with Crippen molar-refractivity contribution in [2.24, 2.45) is 5.92 Å². The van der Waals surface area contributed by atoms with Crippen LogP contribution in [0.3, 0.4) is 0 Å². The third-order valence-electron chi connectivity index (χ3n) is 3.60. The molecule has 2 aromatic heterocycles. The molecule has 0 aromatic carbocycles. The van der Waals surface area contributed by atoms with Gasteiger partial charge < -0.3 is 10.2 Å². The lowest BCUT2D eigenvalue weighted by Gasteiger charge is -2.29. The maximum absolute atomic E-state index is 11.3. The molecule has 0 radical (unpaired) electrons. The minimum absolute atomic E-state index is 0.261. The minimum Gasteiger partial charge on any atom is -0.370 e. The molecule has 2 aromatic rings. The van der Waals surface area contributed by atoms with Crippen LogP contribution >= 0.6 is 0 Å². The van der Waals surface area contributed by atoms with E-state index < -0.39 is 0 Å². The third-order valence-corrected chi connectivity index (χ3v) is 3.60. The number of hydrogen-bond acceptors (Lipinski definition) is 5. The standard InChI is InChI=1S/C12H18N6O/c1-17-4-2-3-9(7-17)6-13-10-5-11-15-16-12(19)18(11)8-14-10/h5,8-9,13H,2-4,6-7H2,1H3,(H,16,19). The Labute approximate surface area is 110 Å². The molecule has 7 nitrogen and oxygen atoms in total. The van der Waals surface area contributed by atoms with Crippen LogP contribution in [0.1, 0.15) is 12.8 Å². The molecular formula is C12H18N6O. The fraction of sp³-hybridized carbons (Fsp3) is 0.583. The second kappa shape index (κ2) is 5.00. The van der Waals surface area contributed by atoms with Crippen molar-refractivity contribution in [3.8, 4) is 0 Å². The number of anilines is 1. The molecule has 0 amide bonds. The quantitative estimate of drug-likeness (QED) is 0.824. The zero-order valence-corrected chi connectivity index (χ0v) is 11.0. The minimum atomic E-state index is -0.261. The van der Waals surface area contributed by atoms with Gasteiger partial charge in [0.05, 0.1) is 0 Å². The highest BCUT2D eigenvalue weighted by Crippen LogP contribution is 2.15. The van der Waals surface area contributed by atoms with E-state index in [1.165, 1.54) is 30.1 Å². The Kier molecular flexibility index (Phi) is 3.20. The van der Waals surface area contributed by atoms with E-state index in [9.17, 15) is 4.79 Å². The maximum atomic E-state index is 11.3. The number of nitrogens with one attached hydrogen (secondary N) is 2. The lowest BCUT2D eigenvalue weighted by molar-refractivity contribution is 0.217. The largest absolute Gasteiger partial charge is 0.370 e. The first kappa shape index (κ1) is 12.2. The number of aromatic amines is 1. The van der Waals surface area contributed by atoms with Gasteiger partial charge in [-0.3, -0.25) is 0 Å². The van der Waals surface area contributed by atoms with E-state index >= 15 is 0 Å². The molecule has 1 saturated heterocycles. The summed E-state index contributed by atoms with van der Waals surface area (Å²) < 4.78 is 1.39. The number of fused-ring (bicyclic) bond motifs is 1. The van der Waals surface area contributed by atoms with E-state index in [0.29, 0.717) is 11.6 Å². The van der Waals surface area contributed by atoms with Gasteiger partial charge in [-0.1, -0.05) is 0 Å². The number of likely N-dealkylation sites (tertiary alicyclic amines) is 1. The normalized spacial score (nSPS) is 20.8. The van der Waals surface area contributed by atoms with Crippen LogP contribution in [0.4, 0.5) is 5.82 Å². The molecule has 7 heteroatoms. The van der Waals surface area contributed by atoms with E-state index in [1.54, 1.807) is 6.07 Å². The summed E-state index contributed by atoms with van der Waals surface area (Å²) >= 11 is 0. The van der Waals surface area contributed by atoms with Crippen molar-refractivity contribution < 1.29 is 0 Å². The van der Waals surface area contributed by atoms with Crippen LogP contribution < -0.4 is 11.0 Å². The highest BCUT2D eigenvalue weighted by Gasteiger charge is 2.16. The van der Waals surface area contributed by atoms with E-state index in [-0.39, 0.29) is 5.69 Å². The van der Waals surface area contributed by atoms with Gasteiger partial charge in [-0.2, -0.15) is 5.10 Å². The molecule has 1 fully saturated rings. The van der Waals surface area contributed by atoms with Crippen LogP contribution in [0.15, 0.2) is 17.2 Å². The Bertz CT molecular complexity index is 618. The van der Waals surface area contributed by atoms with Crippen LogP contribution in [0.2, 0.25) is 0 Å². The Morgan fingerprint density at radius 2 is 2.47 bits per heavy atom. The Balaban J connectivity index is 1.66. The van der Waals surface area contributed by atoms with Gasteiger partial charge in [0.1, 0.15) is 12.1 Å². The maximum Gasteiger partial charge on any atom is 0.348 e. The van der Waals surface area contributed by atoms with Gasteiger partial charge in [-0.25, -0.2) is 19.3 Å². The van der Waals surface area contributed by atoms with E-state index in [0.717, 1.165) is 18.9 Å². The van der Waals surface area contributed by atoms with Gasteiger partial charge in [-0.05, 0) is 32.4 Å². The summed E-state index contributed by atoms with van der Waals surface area (Å²) in [7, 11) is 2.16. The molecule has 102 valence electrons. The van der Waals surface area contributed by atoms with Crippen LogP contribution in [0.25, 0.3) is 5.65 Å². The summed E-state index contributed by atoms with van der Waals surface area (Å²) in [6.07, 6.45) is 4.00. The molecule has 0 bridgehead atoms. The predicted octanol–water partition coefficient (Wildman–Crippen LogP) is 0.171. The summed E-state index contributed by atoms with van der Waals surface area (Å²) in [5.74, 6) is 1.41. The third kappa shape index (κ3) is 2.60. The molecule has 3 heterocycles. The number of H-pyrrole nitrogens is 1. The van der Waals surface area contributed by atoms with Crippen LogP contribution in [-0.2, 0) is 0 Å². The van der Waals surface area contributed by atoms with Crippen molar-refractivity contribution in [3.63, 3.8) is 0 Å². The monoisotopic (exact) mass is 262 g/mol. The van der Waals surface area contributed by atoms with Gasteiger partial charge in [0, 0.05) is 19.2 Å². The van der Waals surface area contributed by atoms with Crippen molar-refractivity contribution in [1.82, 2.24) is 24.5 Å². The van der Waals surface area contributed by atoms with Gasteiger partial charge in [0.2, 0.25) is 0 Å². The van der Waals surface area contributed by atoms with Crippen molar-refractivity contribution in [1.29, 1.82) is 0 Å². The SMILES string of the molecule is CN1CCCC(CNc2cc3n[nH]c(=O)n3cn2)C1. The van der Waals surface area contributed by atoms with E-state index in [4.69, 9.17) is 0 Å². The second-order valence-electron chi connectivity index (χ2n) is 5.18. The molecule has 19 heavy (non-hydrogen) atoms. The summed E-state index contributed by atoms with van der Waals surface area (Å²) in [5, 5.41) is 9.65. The van der Waals surface area contributed by atoms with Gasteiger partial charge in [0.25, 0.3) is 0 Å². The van der Waals surface area contributed by atoms with Crippen molar-refractivity contribution in [2.45, 2.75) is 12.8 Å². The molecule has 1 atom stereocenters. The zero-order chi connectivity index (χ0) is 13.2. The van der Waals surface area contributed by atoms with Gasteiger partial charge >= 0.3 is 5.69 Å². The molecule has 2 N–H and O–H groups in total. The van der Waals surface area contributed by atoms with Crippen LogP contribution in [0, 0.1) is 5.92 Å². The lowest BCUT2D eigenvalue weighted by Crippen LogP contribution is -2.35. The fourth-order valence-electron chi connectivity index (χ4n) is 2.60. The fourth-order valence-corrected chi connectivity index (χ4v) is 2.60. The Hall–Kier alpha value is -1.89. The number of piperidine rings is 1. The molecular weight excluding hydrogens is 244 g/mol. The average Bonchev–Trinajstić information content (AvgIpc) is 2.78. The number of nitrogens with zero attached hydrogens (tertiary/aromatic N) is 4. The number of aromatic nitrogens is 4. The van der Waals surface area contributed by atoms with Gasteiger partial charge in [0.15, 0.2) is 5.65 Å². The van der Waals surface area contributed by atoms with Crippen molar-refractivity contribution >= 4 is 11.5 Å². The molecule has 1 unspecified atom stereocenters. The molecule has 1 aliphatic rings. The first-order valence-electron chi connectivity index (χ1n) is 6.57. The summed E-state index contributed by atoms with van der Waals surface area (Å²) in [6, 6.07) is 1.78. The summed E-state index contributed by atoms with van der Waals surface area (Å²) in [4.78, 5) is 17.9. The lowest BCUT2D eigenvalue weighted by atomic mass is 9.98. The Morgan fingerprint density at radius 1 is 1.58 bits per heavy atom. The molecule has 0 aliphatic carbocycles. The molecule has 1 aliphatic heterocycles. The van der Waals surface area contributed by atoms with Crippen molar-refractivity contribution in [3.05, 3.63) is 22.9 Å². The van der Waals surface area contributed by atoms with E-state index in [1.807, 2.05) is 0 Å². The average molecular weight is 262 g/mol. The number of rotatable bonds is 3. The zero-order valence-electron chi connectivity index (χ0n) is 11.0. The predicted molar refractivity (Wildman–Crippen MR) is 72.3 cm³/mol. The number of hydrogen-bond donors (Lipinski definition) is 2. The van der Waals surface area contributed by atoms with E-state index in [2.05, 4.69) is 32.4 Å². The Morgan fingerprint density at radius 3 is 3.32 bits per heavy atom. The van der Waals surface area contributed by atoms with Gasteiger partial charge in [-0.15, -0.1) is 0 Å². The topological polar surface area (TPSA) is 78.3 Å². The van der Waals surface area contributed by atoms with Crippen LogP contribution in [0.5, 0.6) is 0 Å². The molecule has 3 rings (SSSR count). The second-order valence-corrected chi connectivity index (χ2v) is 5.18. The molecule has 0 saturated carbocycles. The molecule has 0 spiro atoms.